The Labute approximate surface area is 362 Å². The van der Waals surface area contributed by atoms with Crippen molar-refractivity contribution in [2.45, 2.75) is 200 Å². The van der Waals surface area contributed by atoms with Crippen LogP contribution in [0.1, 0.15) is 194 Å². The first-order valence-corrected chi connectivity index (χ1v) is 25.1. The molecule has 2 unspecified atom stereocenters. The standard InChI is InChI=1S/C49H88NO8P/c1-5-7-9-11-13-15-17-19-21-23-24-26-28-30-32-34-36-38-40-42-49(52)58-47(46-57-59(53,54)56-44-43-50(3)4)45-55-48(51)41-39-37-35-33-31-29-27-25-22-20-18-16-14-12-10-8-6-2/h13-16,19-22,27,29,47H,5-12,17-18,23-26,28,30-46H2,1-4H3,(H,53,54)/b15-13-,16-14-,21-19-,22-20-,29-27-. The highest BCUT2D eigenvalue weighted by molar-refractivity contribution is 7.47. The highest BCUT2D eigenvalue weighted by Crippen LogP contribution is 2.43. The van der Waals surface area contributed by atoms with Gasteiger partial charge in [0.05, 0.1) is 13.2 Å². The average molecular weight is 850 g/mol. The number of ether oxygens (including phenoxy) is 2. The van der Waals surface area contributed by atoms with E-state index in [1.54, 1.807) is 0 Å². The fourth-order valence-electron chi connectivity index (χ4n) is 6.14. The molecule has 10 heteroatoms. The fraction of sp³-hybridized carbons (Fsp3) is 0.755. The minimum atomic E-state index is -4.37. The maximum atomic E-state index is 12.7. The number of rotatable bonds is 43. The molecule has 0 aliphatic heterocycles. The van der Waals surface area contributed by atoms with Crippen molar-refractivity contribution in [3.63, 3.8) is 0 Å². The summed E-state index contributed by atoms with van der Waals surface area (Å²) in [7, 11) is -0.730. The Morgan fingerprint density at radius 3 is 1.36 bits per heavy atom. The van der Waals surface area contributed by atoms with Crippen LogP contribution in [0.4, 0.5) is 0 Å². The van der Waals surface area contributed by atoms with Crippen molar-refractivity contribution in [1.29, 1.82) is 0 Å². The first-order valence-electron chi connectivity index (χ1n) is 23.6. The van der Waals surface area contributed by atoms with Crippen LogP contribution in [0.2, 0.25) is 0 Å². The Bertz CT molecular complexity index is 1160. The van der Waals surface area contributed by atoms with Crippen LogP contribution in [-0.2, 0) is 32.7 Å². The van der Waals surface area contributed by atoms with Gasteiger partial charge in [-0.05, 0) is 97.6 Å². The molecule has 0 saturated carbocycles. The second-order valence-electron chi connectivity index (χ2n) is 15.9. The summed E-state index contributed by atoms with van der Waals surface area (Å²) in [5.41, 5.74) is 0. The van der Waals surface area contributed by atoms with Gasteiger partial charge in [-0.25, -0.2) is 4.57 Å². The summed E-state index contributed by atoms with van der Waals surface area (Å²) in [6, 6.07) is 0. The summed E-state index contributed by atoms with van der Waals surface area (Å²) in [5.74, 6) is -0.834. The molecule has 9 nitrogen and oxygen atoms in total. The third-order valence-corrected chi connectivity index (χ3v) is 10.8. The minimum Gasteiger partial charge on any atom is -0.462 e. The lowest BCUT2D eigenvalue weighted by Crippen LogP contribution is -2.29. The molecule has 0 radical (unpaired) electrons. The molecule has 0 bridgehead atoms. The maximum absolute atomic E-state index is 12.7. The van der Waals surface area contributed by atoms with E-state index in [1.165, 1.54) is 83.5 Å². The Kier molecular flexibility index (Phi) is 42.1. The Morgan fingerprint density at radius 1 is 0.525 bits per heavy atom. The van der Waals surface area contributed by atoms with Crippen LogP contribution in [0.25, 0.3) is 0 Å². The highest BCUT2D eigenvalue weighted by Gasteiger charge is 2.26. The SMILES string of the molecule is CCCCC/C=C\C/C=C\C/C=C\CCCCCCC(=O)OCC(COP(=O)(O)OCCN(C)C)OC(=O)CCCCCCCCCCC/C=C\C/C=C\CCCCC. The van der Waals surface area contributed by atoms with E-state index in [0.29, 0.717) is 19.4 Å². The first kappa shape index (κ1) is 56.7. The summed E-state index contributed by atoms with van der Waals surface area (Å²) in [5, 5.41) is 0. The number of hydrogen-bond donors (Lipinski definition) is 1. The molecule has 0 spiro atoms. The van der Waals surface area contributed by atoms with Crippen LogP contribution in [-0.4, -0.2) is 68.3 Å². The number of nitrogens with zero attached hydrogens (tertiary/aromatic N) is 1. The van der Waals surface area contributed by atoms with Gasteiger partial charge in [-0.2, -0.15) is 0 Å². The minimum absolute atomic E-state index is 0.000379. The zero-order valence-corrected chi connectivity index (χ0v) is 39.1. The van der Waals surface area contributed by atoms with Crippen molar-refractivity contribution < 1.29 is 37.6 Å². The number of phosphoric ester groups is 1. The summed E-state index contributed by atoms with van der Waals surface area (Å²) >= 11 is 0. The van der Waals surface area contributed by atoms with Gasteiger partial charge in [-0.3, -0.25) is 18.6 Å². The predicted octanol–water partition coefficient (Wildman–Crippen LogP) is 13.9. The second kappa shape index (κ2) is 43.8. The number of esters is 2. The van der Waals surface area contributed by atoms with Crippen LogP contribution in [0.15, 0.2) is 60.8 Å². The summed E-state index contributed by atoms with van der Waals surface area (Å²) in [6.07, 6.45) is 51.2. The molecule has 0 aromatic heterocycles. The fourth-order valence-corrected chi connectivity index (χ4v) is 6.88. The molecule has 0 saturated heterocycles. The number of carbonyl (C=O) groups is 2. The zero-order valence-electron chi connectivity index (χ0n) is 38.2. The van der Waals surface area contributed by atoms with Crippen molar-refractivity contribution in [3.05, 3.63) is 60.8 Å². The number of carbonyl (C=O) groups excluding carboxylic acids is 2. The van der Waals surface area contributed by atoms with Crippen molar-refractivity contribution in [2.24, 2.45) is 0 Å². The van der Waals surface area contributed by atoms with Crippen molar-refractivity contribution in [1.82, 2.24) is 4.90 Å². The van der Waals surface area contributed by atoms with Gasteiger partial charge in [0.1, 0.15) is 6.61 Å². The molecule has 0 aromatic carbocycles. The molecular weight excluding hydrogens is 762 g/mol. The number of hydrogen-bond acceptors (Lipinski definition) is 8. The molecule has 0 aliphatic carbocycles. The predicted molar refractivity (Wildman–Crippen MR) is 247 cm³/mol. The molecule has 0 rings (SSSR count). The van der Waals surface area contributed by atoms with Gasteiger partial charge in [-0.1, -0.05) is 158 Å². The lowest BCUT2D eigenvalue weighted by molar-refractivity contribution is -0.161. The van der Waals surface area contributed by atoms with Crippen LogP contribution in [0.3, 0.4) is 0 Å². The second-order valence-corrected chi connectivity index (χ2v) is 17.4. The lowest BCUT2D eigenvalue weighted by atomic mass is 10.1. The molecule has 342 valence electrons. The van der Waals surface area contributed by atoms with E-state index in [1.807, 2.05) is 19.0 Å². The van der Waals surface area contributed by atoms with Crippen molar-refractivity contribution in [3.8, 4) is 0 Å². The molecule has 59 heavy (non-hydrogen) atoms. The van der Waals surface area contributed by atoms with E-state index in [2.05, 4.69) is 74.6 Å². The van der Waals surface area contributed by atoms with E-state index in [0.717, 1.165) is 70.6 Å². The zero-order chi connectivity index (χ0) is 43.3. The van der Waals surface area contributed by atoms with Gasteiger partial charge in [-0.15, -0.1) is 0 Å². The van der Waals surface area contributed by atoms with Gasteiger partial charge < -0.3 is 19.3 Å². The van der Waals surface area contributed by atoms with E-state index >= 15 is 0 Å². The van der Waals surface area contributed by atoms with Crippen LogP contribution in [0, 0.1) is 0 Å². The van der Waals surface area contributed by atoms with Gasteiger partial charge in [0.25, 0.3) is 0 Å². The number of likely N-dealkylation sites (N-methyl/N-ethyl adjacent to an activating group) is 1. The molecule has 0 fully saturated rings. The van der Waals surface area contributed by atoms with E-state index in [-0.39, 0.29) is 26.1 Å². The van der Waals surface area contributed by atoms with E-state index < -0.39 is 32.5 Å². The van der Waals surface area contributed by atoms with Crippen molar-refractivity contribution in [2.75, 3.05) is 40.5 Å². The van der Waals surface area contributed by atoms with Gasteiger partial charge >= 0.3 is 19.8 Å². The third-order valence-electron chi connectivity index (χ3n) is 9.80. The van der Waals surface area contributed by atoms with Gasteiger partial charge in [0, 0.05) is 19.4 Å². The van der Waals surface area contributed by atoms with Crippen LogP contribution in [0.5, 0.6) is 0 Å². The summed E-state index contributed by atoms with van der Waals surface area (Å²) in [4.78, 5) is 37.1. The molecule has 0 aromatic rings. The van der Waals surface area contributed by atoms with Crippen LogP contribution >= 0.6 is 7.82 Å². The number of unbranched alkanes of at least 4 members (excludes halogenated alkanes) is 19. The summed E-state index contributed by atoms with van der Waals surface area (Å²) in [6.45, 7) is 4.24. The first-order chi connectivity index (χ1) is 28.7. The summed E-state index contributed by atoms with van der Waals surface area (Å²) < 4.78 is 33.5. The average Bonchev–Trinajstić information content (AvgIpc) is 3.20. The smallest absolute Gasteiger partial charge is 0.462 e. The van der Waals surface area contributed by atoms with Gasteiger partial charge in [0.15, 0.2) is 6.10 Å². The lowest BCUT2D eigenvalue weighted by Gasteiger charge is -2.20. The molecule has 0 heterocycles. The highest BCUT2D eigenvalue weighted by atomic mass is 31.2. The molecular formula is C49H88NO8P. The molecule has 0 amide bonds. The number of allylic oxidation sites excluding steroid dienone is 10. The maximum Gasteiger partial charge on any atom is 0.472 e. The van der Waals surface area contributed by atoms with Crippen molar-refractivity contribution >= 4 is 19.8 Å². The quantitative estimate of drug-likeness (QED) is 0.0277. The monoisotopic (exact) mass is 850 g/mol. The third kappa shape index (κ3) is 45.1. The molecule has 0 aliphatic rings. The normalized spacial score (nSPS) is 13.9. The Balaban J connectivity index is 4.29. The van der Waals surface area contributed by atoms with Gasteiger partial charge in [0.2, 0.25) is 0 Å². The Hall–Kier alpha value is -2.29. The molecule has 1 N–H and O–H groups in total. The van der Waals surface area contributed by atoms with Crippen LogP contribution < -0.4 is 0 Å². The largest absolute Gasteiger partial charge is 0.472 e. The van der Waals surface area contributed by atoms with E-state index in [9.17, 15) is 19.0 Å². The Morgan fingerprint density at radius 2 is 0.915 bits per heavy atom. The topological polar surface area (TPSA) is 112 Å². The van der Waals surface area contributed by atoms with E-state index in [4.69, 9.17) is 18.5 Å². The molecule has 2 atom stereocenters. The number of phosphoric acid groups is 1.